The Bertz CT molecular complexity index is 1260. The SMILES string of the molecule is CN=C(c1cnc2[nH]cc(C(=O)N[C@H](C)c3ncco3)c2n1)c1ccc(F)cc1NC. The van der Waals surface area contributed by atoms with Gasteiger partial charge in [-0.3, -0.25) is 9.79 Å². The van der Waals surface area contributed by atoms with E-state index in [9.17, 15) is 9.18 Å². The van der Waals surface area contributed by atoms with Crippen LogP contribution in [0, 0.1) is 5.82 Å². The first kappa shape index (κ1) is 20.2. The van der Waals surface area contributed by atoms with Gasteiger partial charge >= 0.3 is 0 Å². The number of anilines is 1. The first-order valence-corrected chi connectivity index (χ1v) is 9.51. The number of nitrogens with zero attached hydrogens (tertiary/aromatic N) is 4. The Labute approximate surface area is 176 Å². The lowest BCUT2D eigenvalue weighted by Crippen LogP contribution is -2.26. The summed E-state index contributed by atoms with van der Waals surface area (Å²) in [6, 6.07) is 3.94. The number of hydrogen-bond acceptors (Lipinski definition) is 7. The number of carbonyl (C=O) groups is 1. The fourth-order valence-electron chi connectivity index (χ4n) is 3.27. The van der Waals surface area contributed by atoms with Crippen molar-refractivity contribution in [3.63, 3.8) is 0 Å². The number of halogens is 1. The molecule has 3 N–H and O–H groups in total. The summed E-state index contributed by atoms with van der Waals surface area (Å²) in [6.07, 6.45) is 6.07. The van der Waals surface area contributed by atoms with Gasteiger partial charge in [-0.2, -0.15) is 0 Å². The van der Waals surface area contributed by atoms with E-state index in [-0.39, 0.29) is 11.7 Å². The molecule has 0 saturated heterocycles. The highest BCUT2D eigenvalue weighted by Crippen LogP contribution is 2.22. The number of rotatable bonds is 6. The van der Waals surface area contributed by atoms with E-state index in [1.54, 1.807) is 39.5 Å². The van der Waals surface area contributed by atoms with Gasteiger partial charge in [-0.1, -0.05) is 0 Å². The molecule has 0 aliphatic carbocycles. The summed E-state index contributed by atoms with van der Waals surface area (Å²) in [5.41, 5.74) is 3.37. The Balaban J connectivity index is 1.70. The van der Waals surface area contributed by atoms with Crippen molar-refractivity contribution in [2.45, 2.75) is 13.0 Å². The lowest BCUT2D eigenvalue weighted by molar-refractivity contribution is 0.0935. The number of aromatic amines is 1. The van der Waals surface area contributed by atoms with E-state index in [0.717, 1.165) is 0 Å². The normalized spacial score (nSPS) is 12.7. The maximum absolute atomic E-state index is 13.7. The lowest BCUT2D eigenvalue weighted by Gasteiger charge is -2.12. The van der Waals surface area contributed by atoms with Crippen LogP contribution in [0.2, 0.25) is 0 Å². The summed E-state index contributed by atoms with van der Waals surface area (Å²) in [5, 5.41) is 5.79. The van der Waals surface area contributed by atoms with E-state index in [1.165, 1.54) is 24.6 Å². The third-order valence-corrected chi connectivity index (χ3v) is 4.77. The summed E-state index contributed by atoms with van der Waals surface area (Å²) >= 11 is 0. The van der Waals surface area contributed by atoms with Crippen LogP contribution in [0.15, 0.2) is 52.5 Å². The summed E-state index contributed by atoms with van der Waals surface area (Å²) in [7, 11) is 3.32. The predicted octanol–water partition coefficient (Wildman–Crippen LogP) is 3.08. The maximum Gasteiger partial charge on any atom is 0.255 e. The van der Waals surface area contributed by atoms with Crippen LogP contribution in [-0.4, -0.2) is 45.7 Å². The van der Waals surface area contributed by atoms with E-state index in [4.69, 9.17) is 4.42 Å². The molecule has 10 heteroatoms. The second-order valence-corrected chi connectivity index (χ2v) is 6.73. The number of aliphatic imine (C=N–C) groups is 1. The Morgan fingerprint density at radius 1 is 1.29 bits per heavy atom. The van der Waals surface area contributed by atoms with Gasteiger partial charge in [-0.15, -0.1) is 0 Å². The van der Waals surface area contributed by atoms with Crippen molar-refractivity contribution in [3.05, 3.63) is 71.6 Å². The fraction of sp³-hybridized carbons (Fsp3) is 0.190. The molecular formula is C21H20FN7O2. The first-order valence-electron chi connectivity index (χ1n) is 9.51. The Kier molecular flexibility index (Phi) is 5.44. The monoisotopic (exact) mass is 421 g/mol. The number of H-pyrrole nitrogens is 1. The summed E-state index contributed by atoms with van der Waals surface area (Å²) in [5.74, 6) is -0.317. The minimum atomic E-state index is -0.422. The molecule has 0 saturated carbocycles. The molecule has 0 unspecified atom stereocenters. The molecule has 0 spiro atoms. The van der Waals surface area contributed by atoms with Gasteiger partial charge < -0.3 is 20.0 Å². The molecule has 4 aromatic rings. The molecule has 4 rings (SSSR count). The summed E-state index contributed by atoms with van der Waals surface area (Å²) in [6.45, 7) is 1.77. The number of nitrogens with one attached hydrogen (secondary N) is 3. The number of benzene rings is 1. The second kappa shape index (κ2) is 8.34. The third kappa shape index (κ3) is 3.87. The molecule has 1 amide bonds. The fourth-order valence-corrected chi connectivity index (χ4v) is 3.27. The average molecular weight is 421 g/mol. The first-order chi connectivity index (χ1) is 15.0. The van der Waals surface area contributed by atoms with Crippen LogP contribution in [-0.2, 0) is 0 Å². The standard InChI is InChI=1S/C21H20FN7O2/c1-11(21-25-6-7-31-21)28-20(30)14-9-26-19-18(14)29-16(10-27-19)17(24-3)13-5-4-12(22)8-15(13)23-2/h4-11,23H,1-3H3,(H,26,27)(H,28,30)/t11-/m1/s1. The van der Waals surface area contributed by atoms with Crippen molar-refractivity contribution in [1.82, 2.24) is 25.3 Å². The molecule has 31 heavy (non-hydrogen) atoms. The molecular weight excluding hydrogens is 401 g/mol. The van der Waals surface area contributed by atoms with Gasteiger partial charge in [0.15, 0.2) is 5.65 Å². The van der Waals surface area contributed by atoms with Gasteiger partial charge in [0.05, 0.1) is 23.7 Å². The molecule has 158 valence electrons. The molecule has 0 fully saturated rings. The van der Waals surface area contributed by atoms with E-state index >= 15 is 0 Å². The largest absolute Gasteiger partial charge is 0.447 e. The summed E-state index contributed by atoms with van der Waals surface area (Å²) < 4.78 is 18.9. The van der Waals surface area contributed by atoms with Crippen LogP contribution in [0.1, 0.15) is 40.5 Å². The van der Waals surface area contributed by atoms with E-state index in [1.807, 2.05) is 0 Å². The van der Waals surface area contributed by atoms with E-state index < -0.39 is 6.04 Å². The second-order valence-electron chi connectivity index (χ2n) is 6.73. The van der Waals surface area contributed by atoms with Crippen molar-refractivity contribution in [1.29, 1.82) is 0 Å². The molecule has 9 nitrogen and oxygen atoms in total. The minimum absolute atomic E-state index is 0.325. The van der Waals surface area contributed by atoms with E-state index in [0.29, 0.717) is 45.3 Å². The highest BCUT2D eigenvalue weighted by atomic mass is 19.1. The number of fused-ring (bicyclic) bond motifs is 1. The molecule has 0 bridgehead atoms. The Morgan fingerprint density at radius 2 is 2.13 bits per heavy atom. The van der Waals surface area contributed by atoms with Crippen LogP contribution in [0.25, 0.3) is 11.2 Å². The topological polar surface area (TPSA) is 121 Å². The highest BCUT2D eigenvalue weighted by molar-refractivity contribution is 6.15. The minimum Gasteiger partial charge on any atom is -0.447 e. The lowest BCUT2D eigenvalue weighted by atomic mass is 10.0. The van der Waals surface area contributed by atoms with Gasteiger partial charge in [-0.05, 0) is 25.1 Å². The number of aromatic nitrogens is 4. The van der Waals surface area contributed by atoms with Gasteiger partial charge in [0.1, 0.15) is 29.3 Å². The van der Waals surface area contributed by atoms with Crippen LogP contribution < -0.4 is 10.6 Å². The van der Waals surface area contributed by atoms with Crippen molar-refractivity contribution in [2.75, 3.05) is 19.4 Å². The number of carbonyl (C=O) groups excluding carboxylic acids is 1. The van der Waals surface area contributed by atoms with Crippen molar-refractivity contribution < 1.29 is 13.6 Å². The van der Waals surface area contributed by atoms with Crippen molar-refractivity contribution >= 4 is 28.5 Å². The molecule has 1 atom stereocenters. The van der Waals surface area contributed by atoms with Crippen molar-refractivity contribution in [3.8, 4) is 0 Å². The van der Waals surface area contributed by atoms with Gasteiger partial charge in [-0.25, -0.2) is 19.3 Å². The van der Waals surface area contributed by atoms with Crippen molar-refractivity contribution in [2.24, 2.45) is 4.99 Å². The predicted molar refractivity (Wildman–Crippen MR) is 114 cm³/mol. The molecule has 3 heterocycles. The molecule has 0 aliphatic rings. The molecule has 1 aromatic carbocycles. The van der Waals surface area contributed by atoms with Gasteiger partial charge in [0.25, 0.3) is 5.91 Å². The van der Waals surface area contributed by atoms with Crippen LogP contribution in [0.5, 0.6) is 0 Å². The molecule has 0 radical (unpaired) electrons. The van der Waals surface area contributed by atoms with Gasteiger partial charge in [0, 0.05) is 31.5 Å². The molecule has 3 aromatic heterocycles. The zero-order valence-corrected chi connectivity index (χ0v) is 17.1. The summed E-state index contributed by atoms with van der Waals surface area (Å²) in [4.78, 5) is 33.2. The Hall–Kier alpha value is -4.08. The number of amides is 1. The van der Waals surface area contributed by atoms with Gasteiger partial charge in [0.2, 0.25) is 5.89 Å². The Morgan fingerprint density at radius 3 is 2.84 bits per heavy atom. The number of oxazole rings is 1. The highest BCUT2D eigenvalue weighted by Gasteiger charge is 2.21. The quantitative estimate of drug-likeness (QED) is 0.412. The van der Waals surface area contributed by atoms with E-state index in [2.05, 4.69) is 35.6 Å². The molecule has 0 aliphatic heterocycles. The van der Waals surface area contributed by atoms with Crippen LogP contribution >= 0.6 is 0 Å². The zero-order valence-electron chi connectivity index (χ0n) is 17.1. The average Bonchev–Trinajstić information content (AvgIpc) is 3.45. The third-order valence-electron chi connectivity index (χ3n) is 4.77. The maximum atomic E-state index is 13.7. The smallest absolute Gasteiger partial charge is 0.255 e. The van der Waals surface area contributed by atoms with Crippen LogP contribution in [0.4, 0.5) is 10.1 Å². The van der Waals surface area contributed by atoms with Crippen LogP contribution in [0.3, 0.4) is 0 Å². The number of hydrogen-bond donors (Lipinski definition) is 3. The zero-order chi connectivity index (χ0) is 22.0.